The Labute approximate surface area is 183 Å². The summed E-state index contributed by atoms with van der Waals surface area (Å²) in [6.07, 6.45) is 1.75. The maximum atomic E-state index is 12.6. The molecule has 4 rings (SSSR count). The number of amides is 1. The lowest BCUT2D eigenvalue weighted by Crippen LogP contribution is -2.34. The molecular weight excluding hydrogens is 410 g/mol. The van der Waals surface area contributed by atoms with Gasteiger partial charge in [0, 0.05) is 23.8 Å². The predicted octanol–water partition coefficient (Wildman–Crippen LogP) is 4.11. The molecule has 0 unspecified atom stereocenters. The van der Waals surface area contributed by atoms with Gasteiger partial charge in [-0.05, 0) is 49.2 Å². The largest absolute Gasteiger partial charge is 0.487 e. The van der Waals surface area contributed by atoms with Crippen LogP contribution in [0.2, 0.25) is 0 Å². The van der Waals surface area contributed by atoms with Crippen LogP contribution in [0.25, 0.3) is 11.1 Å². The first kappa shape index (κ1) is 21.1. The van der Waals surface area contributed by atoms with E-state index in [0.717, 1.165) is 33.6 Å². The molecule has 5 nitrogen and oxygen atoms in total. The van der Waals surface area contributed by atoms with E-state index < -0.39 is 9.84 Å². The topological polar surface area (TPSA) is 72.5 Å². The lowest BCUT2D eigenvalue weighted by Gasteiger charge is -2.14. The van der Waals surface area contributed by atoms with Crippen LogP contribution in [-0.2, 0) is 16.3 Å². The molecule has 0 fully saturated rings. The Bertz CT molecular complexity index is 1230. The molecule has 0 aromatic heterocycles. The highest BCUT2D eigenvalue weighted by Gasteiger charge is 2.26. The van der Waals surface area contributed by atoms with Crippen molar-refractivity contribution in [1.82, 2.24) is 5.32 Å². The Balaban J connectivity index is 1.48. The second kappa shape index (κ2) is 8.19. The van der Waals surface area contributed by atoms with Crippen molar-refractivity contribution in [3.8, 4) is 16.9 Å². The number of nitrogens with one attached hydrogen (secondary N) is 1. The van der Waals surface area contributed by atoms with Gasteiger partial charge in [0.15, 0.2) is 9.84 Å². The van der Waals surface area contributed by atoms with Crippen molar-refractivity contribution in [3.63, 3.8) is 0 Å². The van der Waals surface area contributed by atoms with E-state index in [1.54, 1.807) is 24.3 Å². The van der Waals surface area contributed by atoms with Crippen LogP contribution in [0.5, 0.6) is 5.75 Å². The van der Waals surface area contributed by atoms with E-state index in [4.69, 9.17) is 4.74 Å². The maximum Gasteiger partial charge on any atom is 0.251 e. The number of aryl methyl sites for hydroxylation is 2. The van der Waals surface area contributed by atoms with E-state index in [0.29, 0.717) is 18.5 Å². The van der Waals surface area contributed by atoms with Gasteiger partial charge in [0.25, 0.3) is 5.91 Å². The molecule has 3 aromatic carbocycles. The van der Waals surface area contributed by atoms with Crippen molar-refractivity contribution in [2.45, 2.75) is 31.3 Å². The molecule has 6 heteroatoms. The summed E-state index contributed by atoms with van der Waals surface area (Å²) < 4.78 is 29.6. The first-order valence-corrected chi connectivity index (χ1v) is 12.1. The number of ether oxygens (including phenoxy) is 1. The first-order valence-electron chi connectivity index (χ1n) is 10.2. The molecule has 0 aliphatic carbocycles. The van der Waals surface area contributed by atoms with E-state index in [-0.39, 0.29) is 16.9 Å². The number of carbonyl (C=O) groups is 1. The average Bonchev–Trinajstić information content (AvgIpc) is 3.14. The zero-order valence-electron chi connectivity index (χ0n) is 17.8. The molecule has 1 aliphatic rings. The number of fused-ring (bicyclic) bond motifs is 1. The number of carbonyl (C=O) groups excluding carboxylic acids is 1. The Morgan fingerprint density at radius 1 is 1.03 bits per heavy atom. The average molecular weight is 436 g/mol. The minimum atomic E-state index is -3.24. The molecule has 0 saturated heterocycles. The zero-order chi connectivity index (χ0) is 22.2. The summed E-state index contributed by atoms with van der Waals surface area (Å²) in [5.74, 6) is 0.684. The van der Waals surface area contributed by atoms with Gasteiger partial charge in [0.2, 0.25) is 0 Å². The Hall–Kier alpha value is -3.12. The molecule has 3 aromatic rings. The number of para-hydroxylation sites is 1. The SMILES string of the molecule is Cc1cc(C)cc(C(=O)NC[C@H]2Cc3cccc(-c4ccc(S(C)(=O)=O)cc4)c3O2)c1. The second-order valence-corrected chi connectivity index (χ2v) is 10.1. The van der Waals surface area contributed by atoms with Gasteiger partial charge in [-0.3, -0.25) is 4.79 Å². The highest BCUT2D eigenvalue weighted by molar-refractivity contribution is 7.90. The third kappa shape index (κ3) is 4.64. The molecule has 1 heterocycles. The van der Waals surface area contributed by atoms with Crippen molar-refractivity contribution >= 4 is 15.7 Å². The van der Waals surface area contributed by atoms with Gasteiger partial charge in [-0.1, -0.05) is 47.5 Å². The van der Waals surface area contributed by atoms with Gasteiger partial charge in [-0.25, -0.2) is 8.42 Å². The van der Waals surface area contributed by atoms with Crippen LogP contribution in [0.1, 0.15) is 27.0 Å². The van der Waals surface area contributed by atoms with Crippen molar-refractivity contribution in [3.05, 3.63) is 82.9 Å². The van der Waals surface area contributed by atoms with Crippen LogP contribution in [0.3, 0.4) is 0 Å². The smallest absolute Gasteiger partial charge is 0.251 e. The molecule has 31 heavy (non-hydrogen) atoms. The van der Waals surface area contributed by atoms with E-state index >= 15 is 0 Å². The van der Waals surface area contributed by atoms with E-state index in [2.05, 4.69) is 5.32 Å². The van der Waals surface area contributed by atoms with Gasteiger partial charge >= 0.3 is 0 Å². The minimum absolute atomic E-state index is 0.108. The molecule has 1 N–H and O–H groups in total. The summed E-state index contributed by atoms with van der Waals surface area (Å²) in [4.78, 5) is 12.9. The Kier molecular flexibility index (Phi) is 5.58. The Morgan fingerprint density at radius 2 is 1.71 bits per heavy atom. The first-order chi connectivity index (χ1) is 14.7. The summed E-state index contributed by atoms with van der Waals surface area (Å²) in [6.45, 7) is 4.36. The summed E-state index contributed by atoms with van der Waals surface area (Å²) in [5.41, 5.74) is 5.65. The van der Waals surface area contributed by atoms with Crippen molar-refractivity contribution < 1.29 is 17.9 Å². The monoisotopic (exact) mass is 435 g/mol. The number of hydrogen-bond acceptors (Lipinski definition) is 4. The van der Waals surface area contributed by atoms with Crippen LogP contribution in [-0.4, -0.2) is 33.2 Å². The van der Waals surface area contributed by atoms with E-state index in [1.165, 1.54) is 6.26 Å². The van der Waals surface area contributed by atoms with E-state index in [1.807, 2.05) is 50.2 Å². The number of benzene rings is 3. The quantitative estimate of drug-likeness (QED) is 0.655. The fraction of sp³-hybridized carbons (Fsp3) is 0.240. The van der Waals surface area contributed by atoms with Crippen LogP contribution >= 0.6 is 0 Å². The molecule has 0 bridgehead atoms. The molecule has 0 saturated carbocycles. The zero-order valence-corrected chi connectivity index (χ0v) is 18.6. The van der Waals surface area contributed by atoms with Crippen molar-refractivity contribution in [2.24, 2.45) is 0 Å². The normalized spacial score (nSPS) is 15.3. The Morgan fingerprint density at radius 3 is 2.35 bits per heavy atom. The maximum absolute atomic E-state index is 12.6. The summed E-state index contributed by atoms with van der Waals surface area (Å²) in [5, 5.41) is 2.98. The molecular formula is C25H25NO4S. The number of sulfone groups is 1. The lowest BCUT2D eigenvalue weighted by atomic mass is 10.0. The lowest BCUT2D eigenvalue weighted by molar-refractivity contribution is 0.0933. The summed E-state index contributed by atoms with van der Waals surface area (Å²) in [7, 11) is -3.24. The molecule has 1 aliphatic heterocycles. The molecule has 160 valence electrons. The van der Waals surface area contributed by atoms with Gasteiger partial charge in [0.05, 0.1) is 11.4 Å². The number of hydrogen-bond donors (Lipinski definition) is 1. The minimum Gasteiger partial charge on any atom is -0.487 e. The molecule has 1 amide bonds. The van der Waals surface area contributed by atoms with Crippen LogP contribution in [0.15, 0.2) is 65.6 Å². The molecule has 0 radical (unpaired) electrons. The van der Waals surface area contributed by atoms with Crippen LogP contribution < -0.4 is 10.1 Å². The van der Waals surface area contributed by atoms with E-state index in [9.17, 15) is 13.2 Å². The third-order valence-corrected chi connectivity index (χ3v) is 6.52. The van der Waals surface area contributed by atoms with Gasteiger partial charge in [-0.15, -0.1) is 0 Å². The third-order valence-electron chi connectivity index (χ3n) is 5.40. The summed E-state index contributed by atoms with van der Waals surface area (Å²) in [6, 6.07) is 18.6. The second-order valence-electron chi connectivity index (χ2n) is 8.12. The standard InChI is InChI=1S/C25H25NO4S/c1-16-11-17(2)13-20(12-16)25(27)26-15-21-14-19-5-4-6-23(24(19)30-21)18-7-9-22(10-8-18)31(3,28)29/h4-13,21H,14-15H2,1-3H3,(H,26,27)/t21-/m1/s1. The van der Waals surface area contributed by atoms with Gasteiger partial charge in [0.1, 0.15) is 11.9 Å². The van der Waals surface area contributed by atoms with Gasteiger partial charge in [-0.2, -0.15) is 0 Å². The number of rotatable bonds is 5. The summed E-state index contributed by atoms with van der Waals surface area (Å²) >= 11 is 0. The van der Waals surface area contributed by atoms with Crippen molar-refractivity contribution in [1.29, 1.82) is 0 Å². The fourth-order valence-electron chi connectivity index (χ4n) is 3.98. The van der Waals surface area contributed by atoms with Crippen LogP contribution in [0, 0.1) is 13.8 Å². The predicted molar refractivity (Wildman–Crippen MR) is 121 cm³/mol. The fourth-order valence-corrected chi connectivity index (χ4v) is 4.61. The molecule has 1 atom stereocenters. The molecule has 0 spiro atoms. The van der Waals surface area contributed by atoms with Gasteiger partial charge < -0.3 is 10.1 Å². The highest BCUT2D eigenvalue weighted by atomic mass is 32.2. The van der Waals surface area contributed by atoms with Crippen LogP contribution in [0.4, 0.5) is 0 Å². The van der Waals surface area contributed by atoms with Crippen molar-refractivity contribution in [2.75, 3.05) is 12.8 Å². The highest BCUT2D eigenvalue weighted by Crippen LogP contribution is 2.38.